The average Bonchev–Trinajstić information content (AvgIpc) is 2.03. The van der Waals surface area contributed by atoms with Crippen LogP contribution in [0.2, 0.25) is 0 Å². The van der Waals surface area contributed by atoms with Crippen molar-refractivity contribution in [2.24, 2.45) is 5.73 Å². The Bertz CT molecular complexity index is 278. The molecule has 0 fully saturated rings. The standard InChI is InChI=1S/C7H8F3N3/c1-4(11)5-2-3-6(13-12-5)7(8,9)10/h2-4H,11H2,1H3. The SMILES string of the molecule is CC(N)c1ccc(C(F)(F)F)nn1. The van der Waals surface area contributed by atoms with Crippen LogP contribution in [-0.4, -0.2) is 10.2 Å². The van der Waals surface area contributed by atoms with E-state index in [2.05, 4.69) is 10.2 Å². The molecule has 2 N–H and O–H groups in total. The second-order valence-electron chi connectivity index (χ2n) is 2.63. The van der Waals surface area contributed by atoms with Gasteiger partial charge in [0.15, 0.2) is 5.69 Å². The minimum Gasteiger partial charge on any atom is -0.323 e. The number of nitrogens with zero attached hydrogens (tertiary/aromatic N) is 2. The van der Waals surface area contributed by atoms with E-state index in [1.54, 1.807) is 6.92 Å². The van der Waals surface area contributed by atoms with Crippen molar-refractivity contribution in [2.75, 3.05) is 0 Å². The van der Waals surface area contributed by atoms with Gasteiger partial charge in [-0.05, 0) is 19.1 Å². The van der Waals surface area contributed by atoms with Crippen LogP contribution >= 0.6 is 0 Å². The Labute approximate surface area is 72.8 Å². The highest BCUT2D eigenvalue weighted by molar-refractivity contribution is 5.11. The molecule has 0 bridgehead atoms. The van der Waals surface area contributed by atoms with Crippen LogP contribution in [0.5, 0.6) is 0 Å². The van der Waals surface area contributed by atoms with E-state index in [-0.39, 0.29) is 0 Å². The molecule has 0 spiro atoms. The monoisotopic (exact) mass is 191 g/mol. The molecule has 6 heteroatoms. The summed E-state index contributed by atoms with van der Waals surface area (Å²) in [5.74, 6) is 0. The summed E-state index contributed by atoms with van der Waals surface area (Å²) in [7, 11) is 0. The summed E-state index contributed by atoms with van der Waals surface area (Å²) >= 11 is 0. The molecular formula is C7H8F3N3. The maximum atomic E-state index is 12.0. The average molecular weight is 191 g/mol. The van der Waals surface area contributed by atoms with E-state index in [1.165, 1.54) is 6.07 Å². The van der Waals surface area contributed by atoms with E-state index < -0.39 is 17.9 Å². The smallest absolute Gasteiger partial charge is 0.323 e. The molecule has 3 nitrogen and oxygen atoms in total. The van der Waals surface area contributed by atoms with Gasteiger partial charge in [0.2, 0.25) is 0 Å². The first-order valence-corrected chi connectivity index (χ1v) is 3.57. The first kappa shape index (κ1) is 9.91. The van der Waals surface area contributed by atoms with Gasteiger partial charge in [0.05, 0.1) is 5.69 Å². The molecule has 0 saturated carbocycles. The Hall–Kier alpha value is -1.17. The summed E-state index contributed by atoms with van der Waals surface area (Å²) in [6.07, 6.45) is -4.44. The van der Waals surface area contributed by atoms with Crippen molar-refractivity contribution in [3.8, 4) is 0 Å². The number of aromatic nitrogens is 2. The van der Waals surface area contributed by atoms with Crippen LogP contribution in [-0.2, 0) is 6.18 Å². The third-order valence-electron chi connectivity index (χ3n) is 1.44. The van der Waals surface area contributed by atoms with Gasteiger partial charge in [0.1, 0.15) is 0 Å². The number of halogens is 3. The normalized spacial score (nSPS) is 14.2. The maximum absolute atomic E-state index is 12.0. The molecule has 1 atom stereocenters. The van der Waals surface area contributed by atoms with Crippen molar-refractivity contribution in [1.29, 1.82) is 0 Å². The molecule has 0 radical (unpaired) electrons. The molecule has 0 aliphatic heterocycles. The van der Waals surface area contributed by atoms with Crippen molar-refractivity contribution in [3.05, 3.63) is 23.5 Å². The van der Waals surface area contributed by atoms with E-state index in [0.717, 1.165) is 6.07 Å². The summed E-state index contributed by atoms with van der Waals surface area (Å²) in [5, 5.41) is 6.37. The molecule has 1 aromatic rings. The summed E-state index contributed by atoms with van der Waals surface area (Å²) in [5.41, 5.74) is 4.73. The van der Waals surface area contributed by atoms with Gasteiger partial charge in [-0.15, -0.1) is 5.10 Å². The van der Waals surface area contributed by atoms with Crippen molar-refractivity contribution >= 4 is 0 Å². The number of hydrogen-bond acceptors (Lipinski definition) is 3. The minimum absolute atomic E-state index is 0.341. The van der Waals surface area contributed by atoms with Gasteiger partial charge in [-0.25, -0.2) is 0 Å². The second kappa shape index (κ2) is 3.29. The van der Waals surface area contributed by atoms with Gasteiger partial charge < -0.3 is 5.73 Å². The van der Waals surface area contributed by atoms with Crippen LogP contribution in [0.4, 0.5) is 13.2 Å². The van der Waals surface area contributed by atoms with Crippen LogP contribution in [0.25, 0.3) is 0 Å². The van der Waals surface area contributed by atoms with E-state index in [0.29, 0.717) is 5.69 Å². The minimum atomic E-state index is -4.44. The zero-order valence-electron chi connectivity index (χ0n) is 6.84. The molecule has 1 heterocycles. The molecule has 0 amide bonds. The first-order chi connectivity index (χ1) is 5.91. The van der Waals surface area contributed by atoms with Crippen LogP contribution in [0.3, 0.4) is 0 Å². The zero-order chi connectivity index (χ0) is 10.1. The molecule has 0 aliphatic rings. The van der Waals surface area contributed by atoms with Gasteiger partial charge >= 0.3 is 6.18 Å². The zero-order valence-corrected chi connectivity index (χ0v) is 6.84. The Morgan fingerprint density at radius 3 is 2.23 bits per heavy atom. The summed E-state index contributed by atoms with van der Waals surface area (Å²) < 4.78 is 36.0. The second-order valence-corrected chi connectivity index (χ2v) is 2.63. The molecule has 1 aromatic heterocycles. The quantitative estimate of drug-likeness (QED) is 0.732. The van der Waals surface area contributed by atoms with E-state index in [1.807, 2.05) is 0 Å². The molecule has 0 aliphatic carbocycles. The number of nitrogens with two attached hydrogens (primary N) is 1. The maximum Gasteiger partial charge on any atom is 0.435 e. The van der Waals surface area contributed by atoms with Crippen LogP contribution in [0.15, 0.2) is 12.1 Å². The van der Waals surface area contributed by atoms with Crippen LogP contribution in [0.1, 0.15) is 24.4 Å². The third kappa shape index (κ3) is 2.38. The van der Waals surface area contributed by atoms with Crippen molar-refractivity contribution in [1.82, 2.24) is 10.2 Å². The van der Waals surface area contributed by atoms with E-state index in [4.69, 9.17) is 5.73 Å². The van der Waals surface area contributed by atoms with Crippen LogP contribution < -0.4 is 5.73 Å². The molecule has 0 saturated heterocycles. The number of rotatable bonds is 1. The molecule has 1 rings (SSSR count). The van der Waals surface area contributed by atoms with E-state index >= 15 is 0 Å². The van der Waals surface area contributed by atoms with Crippen LogP contribution in [0, 0.1) is 0 Å². The highest BCUT2D eigenvalue weighted by Crippen LogP contribution is 2.26. The molecule has 72 valence electrons. The predicted octanol–water partition coefficient (Wildman–Crippen LogP) is 1.52. The fraction of sp³-hybridized carbons (Fsp3) is 0.429. The lowest BCUT2D eigenvalue weighted by molar-refractivity contribution is -0.141. The van der Waals surface area contributed by atoms with Crippen molar-refractivity contribution < 1.29 is 13.2 Å². The lowest BCUT2D eigenvalue weighted by Crippen LogP contribution is -2.13. The lowest BCUT2D eigenvalue weighted by atomic mass is 10.2. The molecular weight excluding hydrogens is 183 g/mol. The topological polar surface area (TPSA) is 51.8 Å². The largest absolute Gasteiger partial charge is 0.435 e. The van der Waals surface area contributed by atoms with Gasteiger partial charge in [-0.1, -0.05) is 0 Å². The third-order valence-corrected chi connectivity index (χ3v) is 1.44. The van der Waals surface area contributed by atoms with E-state index in [9.17, 15) is 13.2 Å². The predicted molar refractivity (Wildman–Crippen MR) is 39.6 cm³/mol. The molecule has 0 aromatic carbocycles. The van der Waals surface area contributed by atoms with Gasteiger partial charge in [-0.2, -0.15) is 18.3 Å². The molecule has 1 unspecified atom stereocenters. The Kier molecular flexibility index (Phi) is 2.51. The number of alkyl halides is 3. The van der Waals surface area contributed by atoms with Crippen molar-refractivity contribution in [2.45, 2.75) is 19.1 Å². The van der Waals surface area contributed by atoms with Crippen molar-refractivity contribution in [3.63, 3.8) is 0 Å². The summed E-state index contributed by atoms with van der Waals surface area (Å²) in [6, 6.07) is 1.68. The Morgan fingerprint density at radius 2 is 1.92 bits per heavy atom. The summed E-state index contributed by atoms with van der Waals surface area (Å²) in [6.45, 7) is 1.62. The molecule has 13 heavy (non-hydrogen) atoms. The number of hydrogen-bond donors (Lipinski definition) is 1. The highest BCUT2D eigenvalue weighted by Gasteiger charge is 2.32. The highest BCUT2D eigenvalue weighted by atomic mass is 19.4. The van der Waals surface area contributed by atoms with Gasteiger partial charge in [0.25, 0.3) is 0 Å². The summed E-state index contributed by atoms with van der Waals surface area (Å²) in [4.78, 5) is 0. The van der Waals surface area contributed by atoms with Gasteiger partial charge in [-0.3, -0.25) is 0 Å². The fourth-order valence-electron chi connectivity index (χ4n) is 0.737. The Balaban J connectivity index is 2.94. The van der Waals surface area contributed by atoms with Gasteiger partial charge in [0, 0.05) is 6.04 Å². The Morgan fingerprint density at radius 1 is 1.31 bits per heavy atom. The lowest BCUT2D eigenvalue weighted by Gasteiger charge is -2.06. The first-order valence-electron chi connectivity index (χ1n) is 3.57. The fourth-order valence-corrected chi connectivity index (χ4v) is 0.737.